The first-order valence-corrected chi connectivity index (χ1v) is 10.5. The molecule has 0 unspecified atom stereocenters. The molecule has 0 saturated carbocycles. The number of amides is 1. The van der Waals surface area contributed by atoms with Crippen molar-refractivity contribution in [2.75, 3.05) is 21.3 Å². The van der Waals surface area contributed by atoms with Crippen LogP contribution in [0.5, 0.6) is 17.2 Å². The maximum Gasteiger partial charge on any atom is 0.295 e. The van der Waals surface area contributed by atoms with Crippen molar-refractivity contribution in [2.24, 2.45) is 0 Å². The molecule has 2 heterocycles. The van der Waals surface area contributed by atoms with E-state index in [0.717, 1.165) is 5.56 Å². The van der Waals surface area contributed by atoms with E-state index in [1.165, 1.54) is 19.1 Å². The van der Waals surface area contributed by atoms with Gasteiger partial charge in [0.25, 0.3) is 11.7 Å². The van der Waals surface area contributed by atoms with E-state index < -0.39 is 17.7 Å². The number of hydrogen-bond acceptors (Lipinski definition) is 7. The van der Waals surface area contributed by atoms with Crippen molar-refractivity contribution in [2.45, 2.75) is 12.6 Å². The summed E-state index contributed by atoms with van der Waals surface area (Å²) in [6, 6.07) is 14.6. The number of likely N-dealkylation sites (tertiary alicyclic amines) is 1. The van der Waals surface area contributed by atoms with E-state index >= 15 is 0 Å². The number of Topliss-reactive ketones (excluding diaryl/α,β-unsaturated/α-hetero) is 1. The average molecular weight is 460 g/mol. The van der Waals surface area contributed by atoms with Crippen LogP contribution in [0.2, 0.25) is 0 Å². The fourth-order valence-electron chi connectivity index (χ4n) is 4.00. The molecule has 3 aromatic rings. The van der Waals surface area contributed by atoms with Gasteiger partial charge in [0.2, 0.25) is 0 Å². The van der Waals surface area contributed by atoms with Crippen molar-refractivity contribution < 1.29 is 28.9 Å². The van der Waals surface area contributed by atoms with Crippen LogP contribution < -0.4 is 14.2 Å². The minimum absolute atomic E-state index is 0.00808. The first-order valence-electron chi connectivity index (χ1n) is 10.5. The molecule has 0 radical (unpaired) electrons. The quantitative estimate of drug-likeness (QED) is 0.326. The summed E-state index contributed by atoms with van der Waals surface area (Å²) in [6.07, 6.45) is 3.27. The fourth-order valence-corrected chi connectivity index (χ4v) is 4.00. The summed E-state index contributed by atoms with van der Waals surface area (Å²) in [5.74, 6) is -0.273. The van der Waals surface area contributed by atoms with Crippen LogP contribution in [0.25, 0.3) is 5.76 Å². The number of benzene rings is 2. The molecule has 34 heavy (non-hydrogen) atoms. The molecule has 1 aliphatic heterocycles. The van der Waals surface area contributed by atoms with Gasteiger partial charge in [0.05, 0.1) is 32.9 Å². The first kappa shape index (κ1) is 22.8. The number of methoxy groups -OCH3 is 3. The lowest BCUT2D eigenvalue weighted by molar-refractivity contribution is -0.140. The highest BCUT2D eigenvalue weighted by Gasteiger charge is 2.46. The topological polar surface area (TPSA) is 98.2 Å². The SMILES string of the molecule is COc1ccc([C@H]2/C(=C(\O)c3ccc(OC)c(OC)c3)C(=O)C(=O)N2Cc2cccnc2)cc1. The Kier molecular flexibility index (Phi) is 6.49. The number of carbonyl (C=O) groups is 2. The van der Waals surface area contributed by atoms with Crippen molar-refractivity contribution >= 4 is 17.4 Å². The second kappa shape index (κ2) is 9.66. The molecular formula is C26H24N2O6. The van der Waals surface area contributed by atoms with E-state index in [1.807, 2.05) is 6.07 Å². The van der Waals surface area contributed by atoms with Crippen molar-refractivity contribution in [3.63, 3.8) is 0 Å². The zero-order valence-corrected chi connectivity index (χ0v) is 19.0. The average Bonchev–Trinajstić information content (AvgIpc) is 3.13. The van der Waals surface area contributed by atoms with Gasteiger partial charge in [0, 0.05) is 24.5 Å². The van der Waals surface area contributed by atoms with Crippen LogP contribution in [0.4, 0.5) is 0 Å². The van der Waals surface area contributed by atoms with Crippen molar-refractivity contribution in [1.29, 1.82) is 0 Å². The molecule has 174 valence electrons. The lowest BCUT2D eigenvalue weighted by atomic mass is 9.95. The molecule has 0 spiro atoms. The van der Waals surface area contributed by atoms with Crippen LogP contribution in [0, 0.1) is 0 Å². The smallest absolute Gasteiger partial charge is 0.295 e. The van der Waals surface area contributed by atoms with E-state index in [-0.39, 0.29) is 17.9 Å². The van der Waals surface area contributed by atoms with E-state index in [4.69, 9.17) is 14.2 Å². The Hall–Kier alpha value is -4.33. The van der Waals surface area contributed by atoms with Gasteiger partial charge >= 0.3 is 0 Å². The number of nitrogens with zero attached hydrogens (tertiary/aromatic N) is 2. The molecular weight excluding hydrogens is 436 g/mol. The first-order chi connectivity index (χ1) is 16.5. The molecule has 1 atom stereocenters. The molecule has 0 aliphatic carbocycles. The van der Waals surface area contributed by atoms with Gasteiger partial charge < -0.3 is 24.2 Å². The van der Waals surface area contributed by atoms with Crippen LogP contribution in [0.1, 0.15) is 22.7 Å². The largest absolute Gasteiger partial charge is 0.507 e. The molecule has 8 nitrogen and oxygen atoms in total. The number of ether oxygens (including phenoxy) is 3. The van der Waals surface area contributed by atoms with Gasteiger partial charge in [-0.1, -0.05) is 18.2 Å². The number of aliphatic hydroxyl groups is 1. The summed E-state index contributed by atoms with van der Waals surface area (Å²) in [4.78, 5) is 31.9. The standard InChI is InChI=1S/C26H24N2O6/c1-32-19-9-6-17(7-10-19)23-22(24(29)18-8-11-20(33-2)21(13-18)34-3)25(30)26(31)28(23)15-16-5-4-12-27-14-16/h4-14,23,29H,15H2,1-3H3/b24-22+/t23-/m0/s1. The number of aromatic nitrogens is 1. The van der Waals surface area contributed by atoms with Gasteiger partial charge in [-0.2, -0.15) is 0 Å². The van der Waals surface area contributed by atoms with Crippen molar-refractivity contribution in [3.8, 4) is 17.2 Å². The Labute approximate surface area is 197 Å². The summed E-state index contributed by atoms with van der Waals surface area (Å²) in [5, 5.41) is 11.3. The Bertz CT molecular complexity index is 1240. The molecule has 1 aliphatic rings. The predicted molar refractivity (Wildman–Crippen MR) is 125 cm³/mol. The second-order valence-electron chi connectivity index (χ2n) is 7.63. The Morgan fingerprint density at radius 1 is 0.971 bits per heavy atom. The number of carbonyl (C=O) groups excluding carboxylic acids is 2. The van der Waals surface area contributed by atoms with Crippen LogP contribution in [-0.4, -0.2) is 48.0 Å². The molecule has 1 saturated heterocycles. The van der Waals surface area contributed by atoms with Gasteiger partial charge in [0.1, 0.15) is 11.5 Å². The fraction of sp³-hybridized carbons (Fsp3) is 0.192. The molecule has 1 amide bonds. The Morgan fingerprint density at radius 2 is 1.71 bits per heavy atom. The lowest BCUT2D eigenvalue weighted by Crippen LogP contribution is -2.29. The van der Waals surface area contributed by atoms with E-state index in [2.05, 4.69) is 4.98 Å². The molecule has 0 bridgehead atoms. The van der Waals surface area contributed by atoms with Crippen LogP contribution in [-0.2, 0) is 16.1 Å². The third-order valence-electron chi connectivity index (χ3n) is 5.70. The highest BCUT2D eigenvalue weighted by Crippen LogP contribution is 2.41. The lowest BCUT2D eigenvalue weighted by Gasteiger charge is -2.25. The van der Waals surface area contributed by atoms with E-state index in [0.29, 0.717) is 28.4 Å². The highest BCUT2D eigenvalue weighted by atomic mass is 16.5. The number of rotatable bonds is 7. The van der Waals surface area contributed by atoms with Crippen LogP contribution in [0.3, 0.4) is 0 Å². The summed E-state index contributed by atoms with van der Waals surface area (Å²) < 4.78 is 15.8. The summed E-state index contributed by atoms with van der Waals surface area (Å²) >= 11 is 0. The minimum atomic E-state index is -0.806. The molecule has 1 N–H and O–H groups in total. The maximum atomic E-state index is 13.2. The van der Waals surface area contributed by atoms with Crippen molar-refractivity contribution in [3.05, 3.63) is 89.3 Å². The number of hydrogen-bond donors (Lipinski definition) is 1. The highest BCUT2D eigenvalue weighted by molar-refractivity contribution is 6.46. The maximum absolute atomic E-state index is 13.2. The number of pyridine rings is 1. The molecule has 2 aromatic carbocycles. The van der Waals surface area contributed by atoms with Gasteiger partial charge in [0.15, 0.2) is 11.5 Å². The van der Waals surface area contributed by atoms with Gasteiger partial charge in [-0.15, -0.1) is 0 Å². The Morgan fingerprint density at radius 3 is 2.32 bits per heavy atom. The molecule has 1 fully saturated rings. The summed E-state index contributed by atoms with van der Waals surface area (Å²) in [5.41, 5.74) is 1.74. The third kappa shape index (κ3) is 4.17. The number of ketones is 1. The summed E-state index contributed by atoms with van der Waals surface area (Å²) in [6.45, 7) is 0.151. The van der Waals surface area contributed by atoms with Crippen LogP contribution in [0.15, 0.2) is 72.6 Å². The van der Waals surface area contributed by atoms with E-state index in [9.17, 15) is 14.7 Å². The zero-order valence-electron chi connectivity index (χ0n) is 19.0. The molecule has 8 heteroatoms. The second-order valence-corrected chi connectivity index (χ2v) is 7.63. The molecule has 1 aromatic heterocycles. The van der Waals surface area contributed by atoms with Gasteiger partial charge in [-0.25, -0.2) is 0 Å². The predicted octanol–water partition coefficient (Wildman–Crippen LogP) is 3.73. The van der Waals surface area contributed by atoms with E-state index in [1.54, 1.807) is 68.0 Å². The van der Waals surface area contributed by atoms with Crippen LogP contribution >= 0.6 is 0 Å². The Balaban J connectivity index is 1.86. The third-order valence-corrected chi connectivity index (χ3v) is 5.70. The number of aliphatic hydroxyl groups excluding tert-OH is 1. The normalized spacial score (nSPS) is 17.0. The zero-order chi connectivity index (χ0) is 24.2. The molecule has 4 rings (SSSR count). The van der Waals surface area contributed by atoms with Crippen molar-refractivity contribution in [1.82, 2.24) is 9.88 Å². The van der Waals surface area contributed by atoms with Gasteiger partial charge in [-0.3, -0.25) is 14.6 Å². The summed E-state index contributed by atoms with van der Waals surface area (Å²) in [7, 11) is 4.54. The monoisotopic (exact) mass is 460 g/mol. The van der Waals surface area contributed by atoms with Gasteiger partial charge in [-0.05, 0) is 47.5 Å². The minimum Gasteiger partial charge on any atom is -0.507 e.